The maximum Gasteiger partial charge on any atom is 0.246 e. The number of hydrogen-bond acceptors (Lipinski definition) is 2. The van der Waals surface area contributed by atoms with Crippen molar-refractivity contribution in [1.29, 1.82) is 0 Å². The number of para-hydroxylation sites is 2. The third-order valence-corrected chi connectivity index (χ3v) is 6.57. The molecule has 0 aliphatic heterocycles. The van der Waals surface area contributed by atoms with E-state index < -0.39 is 0 Å². The fourth-order valence-corrected chi connectivity index (χ4v) is 4.43. The molecule has 3 nitrogen and oxygen atoms in total. The van der Waals surface area contributed by atoms with E-state index in [1.807, 2.05) is 80.6 Å². The van der Waals surface area contributed by atoms with Gasteiger partial charge in [-0.15, -0.1) is 11.6 Å². The second-order valence-corrected chi connectivity index (χ2v) is 9.75. The molecule has 4 aromatic rings. The highest BCUT2D eigenvalue weighted by Gasteiger charge is 2.22. The van der Waals surface area contributed by atoms with Gasteiger partial charge in [0, 0.05) is 11.4 Å². The van der Waals surface area contributed by atoms with E-state index in [4.69, 9.17) is 58.0 Å². The van der Waals surface area contributed by atoms with Crippen LogP contribution in [-0.2, 0) is 4.79 Å². The number of anilines is 4. The molecule has 1 amide bonds. The molecule has 0 aliphatic carbocycles. The average Bonchev–Trinajstić information content (AvgIpc) is 2.86. The van der Waals surface area contributed by atoms with Crippen molar-refractivity contribution >= 4 is 86.7 Å². The van der Waals surface area contributed by atoms with Gasteiger partial charge in [0.15, 0.2) is 0 Å². The summed E-state index contributed by atoms with van der Waals surface area (Å²) in [6.45, 7) is 4.02. The Hall–Kier alpha value is -2.40. The zero-order valence-corrected chi connectivity index (χ0v) is 23.3. The lowest BCUT2D eigenvalue weighted by Crippen LogP contribution is -2.27. The number of carbonyl (C=O) groups excluding carboxylic acids is 1. The lowest BCUT2D eigenvalue weighted by molar-refractivity contribution is -0.115. The summed E-state index contributed by atoms with van der Waals surface area (Å²) in [5.74, 6) is -0.444. The van der Waals surface area contributed by atoms with Crippen molar-refractivity contribution < 1.29 is 4.79 Å². The molecule has 0 saturated carbocycles. The van der Waals surface area contributed by atoms with Crippen LogP contribution in [0.4, 0.5) is 22.7 Å². The minimum atomic E-state index is -0.287. The van der Waals surface area contributed by atoms with Gasteiger partial charge in [0.05, 0.1) is 31.5 Å². The summed E-state index contributed by atoms with van der Waals surface area (Å²) in [5.41, 5.74) is 5.16. The predicted molar refractivity (Wildman–Crippen MR) is 156 cm³/mol. The molecule has 0 aromatic heterocycles. The summed E-state index contributed by atoms with van der Waals surface area (Å²) in [6, 6.07) is 26.1. The number of hydrogen-bond donors (Lipinski definition) is 1. The molecule has 0 radical (unpaired) electrons. The maximum absolute atomic E-state index is 12.2. The molecule has 0 atom stereocenters. The van der Waals surface area contributed by atoms with Crippen LogP contribution in [-0.4, -0.2) is 11.8 Å². The summed E-state index contributed by atoms with van der Waals surface area (Å²) in [4.78, 5) is 13.6. The Labute approximate surface area is 236 Å². The lowest BCUT2D eigenvalue weighted by Gasteiger charge is -2.24. The first kappa shape index (κ1) is 28.2. The molecule has 8 heteroatoms. The summed E-state index contributed by atoms with van der Waals surface area (Å²) in [7, 11) is 0. The normalized spacial score (nSPS) is 10.3. The van der Waals surface area contributed by atoms with Gasteiger partial charge in [-0.2, -0.15) is 0 Å². The van der Waals surface area contributed by atoms with Crippen LogP contribution in [0.5, 0.6) is 0 Å². The minimum absolute atomic E-state index is 0.157. The second-order valence-electron chi connectivity index (χ2n) is 7.86. The molecule has 0 saturated heterocycles. The van der Waals surface area contributed by atoms with E-state index in [2.05, 4.69) is 5.32 Å². The molecule has 0 unspecified atom stereocenters. The van der Waals surface area contributed by atoms with Gasteiger partial charge in [-0.3, -0.25) is 9.69 Å². The van der Waals surface area contributed by atoms with Crippen molar-refractivity contribution in [2.75, 3.05) is 16.1 Å². The third kappa shape index (κ3) is 7.32. The Morgan fingerprint density at radius 1 is 0.694 bits per heavy atom. The van der Waals surface area contributed by atoms with Crippen molar-refractivity contribution in [2.24, 2.45) is 0 Å². The Balaban J connectivity index is 0.000000205. The topological polar surface area (TPSA) is 32.3 Å². The van der Waals surface area contributed by atoms with Crippen LogP contribution in [0.3, 0.4) is 0 Å². The molecule has 0 spiro atoms. The zero-order chi connectivity index (χ0) is 26.2. The first-order chi connectivity index (χ1) is 17.2. The van der Waals surface area contributed by atoms with Gasteiger partial charge in [0.1, 0.15) is 5.88 Å². The van der Waals surface area contributed by atoms with E-state index in [1.54, 1.807) is 18.2 Å². The van der Waals surface area contributed by atoms with E-state index in [0.717, 1.165) is 16.9 Å². The van der Waals surface area contributed by atoms with Crippen LogP contribution >= 0.6 is 58.0 Å². The molecule has 36 heavy (non-hydrogen) atoms. The zero-order valence-electron chi connectivity index (χ0n) is 19.5. The van der Waals surface area contributed by atoms with Crippen molar-refractivity contribution in [2.45, 2.75) is 13.8 Å². The van der Waals surface area contributed by atoms with E-state index >= 15 is 0 Å². The molecule has 4 rings (SSSR count). The van der Waals surface area contributed by atoms with Gasteiger partial charge >= 0.3 is 0 Å². The minimum Gasteiger partial charge on any atom is -0.353 e. The number of halogens is 5. The maximum atomic E-state index is 12.2. The first-order valence-corrected chi connectivity index (χ1v) is 12.9. The van der Waals surface area contributed by atoms with Crippen molar-refractivity contribution in [3.8, 4) is 0 Å². The number of carbonyl (C=O) groups is 1. The summed E-state index contributed by atoms with van der Waals surface area (Å²) >= 11 is 30.2. The quantitative estimate of drug-likeness (QED) is 0.238. The smallest absolute Gasteiger partial charge is 0.246 e. The largest absolute Gasteiger partial charge is 0.353 e. The predicted octanol–water partition coefficient (Wildman–Crippen LogP) is 10.3. The number of alkyl halides is 1. The molecule has 1 N–H and O–H groups in total. The molecular formula is C28H23Cl5N2O. The van der Waals surface area contributed by atoms with Gasteiger partial charge in [-0.1, -0.05) is 93.9 Å². The van der Waals surface area contributed by atoms with Crippen molar-refractivity contribution in [3.63, 3.8) is 0 Å². The van der Waals surface area contributed by atoms with E-state index in [0.29, 0.717) is 31.5 Å². The molecule has 0 fully saturated rings. The molecule has 0 aliphatic rings. The van der Waals surface area contributed by atoms with Crippen molar-refractivity contribution in [1.82, 2.24) is 0 Å². The summed E-state index contributed by atoms with van der Waals surface area (Å²) in [5, 5.41) is 5.24. The number of aryl methyl sites for hydroxylation is 2. The Bertz CT molecular complexity index is 1280. The Morgan fingerprint density at radius 3 is 1.61 bits per heavy atom. The number of nitrogens with one attached hydrogen (secondary N) is 1. The Morgan fingerprint density at radius 2 is 1.14 bits per heavy atom. The monoisotopic (exact) mass is 578 g/mol. The SMILES string of the molecule is Cc1ccc(N(C(=O)CCl)c2c(Cl)cccc2Cl)cc1.Cc1ccc(Nc2c(Cl)cccc2Cl)cc1. The standard InChI is InChI=1S/C15H12Cl3NO.C13H11Cl2N/c1-10-5-7-11(8-6-10)19(14(20)9-16)15-12(17)3-2-4-13(15)18;1-9-5-7-10(8-6-9)16-13-11(14)3-2-4-12(13)15/h2-8H,9H2,1H3;2-8,16H,1H3. The van der Waals surface area contributed by atoms with Gasteiger partial charge in [0.25, 0.3) is 0 Å². The number of nitrogens with zero attached hydrogens (tertiary/aromatic N) is 1. The van der Waals surface area contributed by atoms with Crippen LogP contribution < -0.4 is 10.2 Å². The highest BCUT2D eigenvalue weighted by molar-refractivity contribution is 6.41. The highest BCUT2D eigenvalue weighted by atomic mass is 35.5. The lowest BCUT2D eigenvalue weighted by atomic mass is 10.2. The first-order valence-electron chi connectivity index (χ1n) is 10.9. The molecule has 4 aromatic carbocycles. The fraction of sp³-hybridized carbons (Fsp3) is 0.107. The van der Waals surface area contributed by atoms with Crippen LogP contribution in [0.1, 0.15) is 11.1 Å². The fourth-order valence-electron chi connectivity index (χ4n) is 3.25. The third-order valence-electron chi connectivity index (χ3n) is 5.10. The van der Waals surface area contributed by atoms with Crippen LogP contribution in [0, 0.1) is 13.8 Å². The van der Waals surface area contributed by atoms with Gasteiger partial charge in [-0.05, 0) is 62.4 Å². The van der Waals surface area contributed by atoms with Crippen LogP contribution in [0.15, 0.2) is 84.9 Å². The van der Waals surface area contributed by atoms with Gasteiger partial charge < -0.3 is 5.32 Å². The number of rotatable bonds is 5. The van der Waals surface area contributed by atoms with E-state index in [1.165, 1.54) is 10.5 Å². The molecule has 0 heterocycles. The molecular weight excluding hydrogens is 558 g/mol. The molecule has 0 bridgehead atoms. The van der Waals surface area contributed by atoms with Gasteiger partial charge in [-0.25, -0.2) is 0 Å². The highest BCUT2D eigenvalue weighted by Crippen LogP contribution is 2.38. The molecule has 186 valence electrons. The van der Waals surface area contributed by atoms with E-state index in [9.17, 15) is 4.79 Å². The van der Waals surface area contributed by atoms with E-state index in [-0.39, 0.29) is 11.8 Å². The van der Waals surface area contributed by atoms with Crippen molar-refractivity contribution in [3.05, 3.63) is 116 Å². The number of amides is 1. The van der Waals surface area contributed by atoms with Gasteiger partial charge in [0.2, 0.25) is 5.91 Å². The Kier molecular flexibility index (Phi) is 10.4. The second kappa shape index (κ2) is 13.2. The summed E-state index contributed by atoms with van der Waals surface area (Å²) in [6.07, 6.45) is 0. The van der Waals surface area contributed by atoms with Crippen LogP contribution in [0.2, 0.25) is 20.1 Å². The average molecular weight is 581 g/mol. The summed E-state index contributed by atoms with van der Waals surface area (Å²) < 4.78 is 0. The number of benzene rings is 4. The van der Waals surface area contributed by atoms with Crippen LogP contribution in [0.25, 0.3) is 0 Å².